The SMILES string of the molecule is CCCc1n[nH]c(=S)n1Cc1cccc2cccnc12. The van der Waals surface area contributed by atoms with E-state index >= 15 is 0 Å². The van der Waals surface area contributed by atoms with E-state index in [0.29, 0.717) is 11.3 Å². The molecule has 0 amide bonds. The monoisotopic (exact) mass is 284 g/mol. The summed E-state index contributed by atoms with van der Waals surface area (Å²) in [6.07, 6.45) is 3.80. The van der Waals surface area contributed by atoms with Crippen molar-refractivity contribution in [2.75, 3.05) is 0 Å². The quantitative estimate of drug-likeness (QED) is 0.746. The predicted octanol–water partition coefficient (Wildman–Crippen LogP) is 3.49. The highest BCUT2D eigenvalue weighted by molar-refractivity contribution is 7.71. The Balaban J connectivity index is 2.06. The molecule has 102 valence electrons. The second-order valence-corrected chi connectivity index (χ2v) is 5.16. The minimum Gasteiger partial charge on any atom is -0.300 e. The molecule has 0 fully saturated rings. The molecule has 2 aromatic heterocycles. The highest BCUT2D eigenvalue weighted by Gasteiger charge is 2.08. The molecule has 1 aromatic carbocycles. The fourth-order valence-electron chi connectivity index (χ4n) is 2.39. The standard InChI is InChI=1S/C15H16N4S/c1-2-5-13-17-18-15(20)19(13)10-12-7-3-6-11-8-4-9-16-14(11)12/h3-4,6-9H,2,5,10H2,1H3,(H,18,20). The number of aromatic amines is 1. The van der Waals surface area contributed by atoms with Gasteiger partial charge in [-0.05, 0) is 30.3 Å². The molecule has 1 N–H and O–H groups in total. The van der Waals surface area contributed by atoms with E-state index in [4.69, 9.17) is 12.2 Å². The first kappa shape index (κ1) is 13.0. The van der Waals surface area contributed by atoms with E-state index in [2.05, 4.69) is 50.9 Å². The molecular weight excluding hydrogens is 268 g/mol. The van der Waals surface area contributed by atoms with E-state index < -0.39 is 0 Å². The highest BCUT2D eigenvalue weighted by Crippen LogP contribution is 2.17. The Morgan fingerprint density at radius 2 is 2.10 bits per heavy atom. The van der Waals surface area contributed by atoms with E-state index in [1.54, 1.807) is 0 Å². The zero-order chi connectivity index (χ0) is 13.9. The van der Waals surface area contributed by atoms with Gasteiger partial charge in [-0.15, -0.1) is 0 Å². The van der Waals surface area contributed by atoms with Crippen molar-refractivity contribution in [2.45, 2.75) is 26.3 Å². The molecular formula is C15H16N4S. The van der Waals surface area contributed by atoms with Gasteiger partial charge in [0.1, 0.15) is 5.82 Å². The summed E-state index contributed by atoms with van der Waals surface area (Å²) in [6.45, 7) is 2.85. The third kappa shape index (κ3) is 2.36. The van der Waals surface area contributed by atoms with Crippen LogP contribution >= 0.6 is 12.2 Å². The van der Waals surface area contributed by atoms with Crippen LogP contribution in [-0.4, -0.2) is 19.7 Å². The fourth-order valence-corrected chi connectivity index (χ4v) is 2.61. The Kier molecular flexibility index (Phi) is 3.60. The summed E-state index contributed by atoms with van der Waals surface area (Å²) in [5.74, 6) is 1.01. The molecule has 20 heavy (non-hydrogen) atoms. The zero-order valence-corrected chi connectivity index (χ0v) is 12.2. The minimum atomic E-state index is 0.668. The molecule has 0 saturated heterocycles. The first-order valence-electron chi connectivity index (χ1n) is 6.76. The summed E-state index contributed by atoms with van der Waals surface area (Å²) in [4.78, 5) is 4.49. The summed E-state index contributed by atoms with van der Waals surface area (Å²) >= 11 is 5.33. The van der Waals surface area contributed by atoms with E-state index in [0.717, 1.165) is 35.1 Å². The molecule has 4 nitrogen and oxygen atoms in total. The van der Waals surface area contributed by atoms with E-state index in [1.807, 2.05) is 12.3 Å². The lowest BCUT2D eigenvalue weighted by Gasteiger charge is -2.08. The van der Waals surface area contributed by atoms with Gasteiger partial charge in [-0.3, -0.25) is 14.6 Å². The first-order valence-corrected chi connectivity index (χ1v) is 7.17. The number of pyridine rings is 1. The molecule has 0 aliphatic carbocycles. The van der Waals surface area contributed by atoms with Gasteiger partial charge >= 0.3 is 0 Å². The molecule has 3 aromatic rings. The molecule has 2 heterocycles. The van der Waals surface area contributed by atoms with Crippen LogP contribution in [0.3, 0.4) is 0 Å². The van der Waals surface area contributed by atoms with Crippen LogP contribution in [0, 0.1) is 4.77 Å². The molecule has 0 aliphatic heterocycles. The molecule has 0 aliphatic rings. The topological polar surface area (TPSA) is 46.5 Å². The maximum Gasteiger partial charge on any atom is 0.195 e. The molecule has 0 spiro atoms. The summed E-state index contributed by atoms with van der Waals surface area (Å²) in [5.41, 5.74) is 2.19. The van der Waals surface area contributed by atoms with E-state index in [-0.39, 0.29) is 0 Å². The number of fused-ring (bicyclic) bond motifs is 1. The van der Waals surface area contributed by atoms with Crippen molar-refractivity contribution < 1.29 is 0 Å². The van der Waals surface area contributed by atoms with Gasteiger partial charge in [0.2, 0.25) is 0 Å². The summed E-state index contributed by atoms with van der Waals surface area (Å²) in [6, 6.07) is 10.3. The van der Waals surface area contributed by atoms with Gasteiger partial charge in [-0.1, -0.05) is 31.2 Å². The molecule has 3 rings (SSSR count). The Bertz CT molecular complexity index is 782. The summed E-state index contributed by atoms with van der Waals surface area (Å²) < 4.78 is 2.73. The van der Waals surface area contributed by atoms with Gasteiger partial charge in [-0.25, -0.2) is 0 Å². The Morgan fingerprint density at radius 1 is 1.25 bits per heavy atom. The minimum absolute atomic E-state index is 0.668. The van der Waals surface area contributed by atoms with Crippen molar-refractivity contribution in [3.8, 4) is 0 Å². The van der Waals surface area contributed by atoms with Gasteiger partial charge in [0.15, 0.2) is 4.77 Å². The van der Waals surface area contributed by atoms with Crippen LogP contribution in [0.2, 0.25) is 0 Å². The average molecular weight is 284 g/mol. The summed E-state index contributed by atoms with van der Waals surface area (Å²) in [5, 5.41) is 8.34. The zero-order valence-electron chi connectivity index (χ0n) is 11.3. The third-order valence-electron chi connectivity index (χ3n) is 3.36. The van der Waals surface area contributed by atoms with Gasteiger partial charge < -0.3 is 0 Å². The van der Waals surface area contributed by atoms with Crippen LogP contribution < -0.4 is 0 Å². The number of nitrogens with one attached hydrogen (secondary N) is 1. The predicted molar refractivity (Wildman–Crippen MR) is 82.3 cm³/mol. The van der Waals surface area contributed by atoms with Crippen molar-refractivity contribution in [1.29, 1.82) is 0 Å². The van der Waals surface area contributed by atoms with Crippen LogP contribution in [0.4, 0.5) is 0 Å². The van der Waals surface area contributed by atoms with Crippen molar-refractivity contribution in [2.24, 2.45) is 0 Å². The number of para-hydroxylation sites is 1. The molecule has 0 bridgehead atoms. The number of aromatic nitrogens is 4. The van der Waals surface area contributed by atoms with Crippen LogP contribution in [0.15, 0.2) is 36.5 Å². The van der Waals surface area contributed by atoms with Gasteiger partial charge in [0.25, 0.3) is 0 Å². The normalized spacial score (nSPS) is 11.1. The van der Waals surface area contributed by atoms with Gasteiger partial charge in [-0.2, -0.15) is 5.10 Å². The largest absolute Gasteiger partial charge is 0.300 e. The first-order chi connectivity index (χ1) is 9.79. The van der Waals surface area contributed by atoms with Gasteiger partial charge in [0.05, 0.1) is 12.1 Å². The Morgan fingerprint density at radius 3 is 2.95 bits per heavy atom. The smallest absolute Gasteiger partial charge is 0.195 e. The number of hydrogen-bond acceptors (Lipinski definition) is 3. The number of hydrogen-bond donors (Lipinski definition) is 1. The maximum atomic E-state index is 5.33. The van der Waals surface area contributed by atoms with Crippen LogP contribution in [-0.2, 0) is 13.0 Å². The fraction of sp³-hybridized carbons (Fsp3) is 0.267. The third-order valence-corrected chi connectivity index (χ3v) is 3.67. The highest BCUT2D eigenvalue weighted by atomic mass is 32.1. The van der Waals surface area contributed by atoms with Crippen molar-refractivity contribution >= 4 is 23.1 Å². The number of H-pyrrole nitrogens is 1. The lowest BCUT2D eigenvalue weighted by atomic mass is 10.1. The second-order valence-electron chi connectivity index (χ2n) is 4.77. The lowest BCUT2D eigenvalue weighted by molar-refractivity contribution is 0.701. The van der Waals surface area contributed by atoms with Gasteiger partial charge in [0, 0.05) is 18.0 Å². The maximum absolute atomic E-state index is 5.33. The Labute approximate surface area is 122 Å². The number of benzene rings is 1. The number of rotatable bonds is 4. The molecule has 0 unspecified atom stereocenters. The molecule has 0 saturated carbocycles. The lowest BCUT2D eigenvalue weighted by Crippen LogP contribution is -2.06. The van der Waals surface area contributed by atoms with Crippen LogP contribution in [0.25, 0.3) is 10.9 Å². The number of aryl methyl sites for hydroxylation is 1. The van der Waals surface area contributed by atoms with E-state index in [1.165, 1.54) is 0 Å². The van der Waals surface area contributed by atoms with E-state index in [9.17, 15) is 0 Å². The van der Waals surface area contributed by atoms with Crippen molar-refractivity contribution in [3.63, 3.8) is 0 Å². The number of nitrogens with zero attached hydrogens (tertiary/aromatic N) is 3. The van der Waals surface area contributed by atoms with Crippen molar-refractivity contribution in [1.82, 2.24) is 19.7 Å². The average Bonchev–Trinajstić information content (AvgIpc) is 2.81. The van der Waals surface area contributed by atoms with Crippen molar-refractivity contribution in [3.05, 3.63) is 52.7 Å². The second kappa shape index (κ2) is 5.54. The van der Waals surface area contributed by atoms with Crippen LogP contribution in [0.1, 0.15) is 24.7 Å². The van der Waals surface area contributed by atoms with Crippen LogP contribution in [0.5, 0.6) is 0 Å². The molecule has 0 radical (unpaired) electrons. The Hall–Kier alpha value is -2.01. The summed E-state index contributed by atoms with van der Waals surface area (Å²) in [7, 11) is 0. The molecule has 0 atom stereocenters. The molecule has 5 heteroatoms.